The highest BCUT2D eigenvalue weighted by molar-refractivity contribution is 6.28. The largest absolute Gasteiger partial charge is 0.467 e. The second-order valence-electron chi connectivity index (χ2n) is 3.17. The number of hydrogen-bond donors (Lipinski definition) is 0. The molecule has 0 saturated heterocycles. The highest BCUT2D eigenvalue weighted by Crippen LogP contribution is 2.13. The molecule has 0 bridgehead atoms. The van der Waals surface area contributed by atoms with E-state index in [0.29, 0.717) is 5.95 Å². The van der Waals surface area contributed by atoms with Crippen LogP contribution in [-0.2, 0) is 0 Å². The first-order chi connectivity index (χ1) is 7.17. The predicted molar refractivity (Wildman–Crippen MR) is 59.6 cm³/mol. The molecule has 0 fully saturated rings. The van der Waals surface area contributed by atoms with Crippen molar-refractivity contribution in [2.75, 3.05) is 25.6 Å². The Balaban J connectivity index is 2.78. The van der Waals surface area contributed by atoms with Gasteiger partial charge in [-0.1, -0.05) is 13.3 Å². The molecule has 1 aromatic rings. The van der Waals surface area contributed by atoms with Crippen molar-refractivity contribution >= 4 is 17.5 Å². The maximum Gasteiger partial charge on any atom is 0.322 e. The summed E-state index contributed by atoms with van der Waals surface area (Å²) < 4.78 is 4.92. The van der Waals surface area contributed by atoms with Crippen LogP contribution in [0, 0.1) is 0 Å². The smallest absolute Gasteiger partial charge is 0.322 e. The van der Waals surface area contributed by atoms with E-state index >= 15 is 0 Å². The van der Waals surface area contributed by atoms with Crippen LogP contribution >= 0.6 is 11.6 Å². The SMILES string of the molecule is CCCCN(C)c1nc(Cl)nc(OC)n1. The Morgan fingerprint density at radius 3 is 2.67 bits per heavy atom. The van der Waals surface area contributed by atoms with Crippen LogP contribution in [0.1, 0.15) is 19.8 Å². The van der Waals surface area contributed by atoms with Gasteiger partial charge < -0.3 is 9.64 Å². The zero-order chi connectivity index (χ0) is 11.3. The third-order valence-corrected chi connectivity index (χ3v) is 2.12. The summed E-state index contributed by atoms with van der Waals surface area (Å²) >= 11 is 5.74. The van der Waals surface area contributed by atoms with Crippen molar-refractivity contribution in [1.82, 2.24) is 15.0 Å². The third-order valence-electron chi connectivity index (χ3n) is 1.95. The van der Waals surface area contributed by atoms with E-state index in [1.54, 1.807) is 0 Å². The van der Waals surface area contributed by atoms with Gasteiger partial charge >= 0.3 is 6.01 Å². The summed E-state index contributed by atoms with van der Waals surface area (Å²) in [6, 6.07) is 0.244. The molecule has 0 aliphatic rings. The summed E-state index contributed by atoms with van der Waals surface area (Å²) in [4.78, 5) is 13.9. The maximum absolute atomic E-state index is 5.74. The highest BCUT2D eigenvalue weighted by atomic mass is 35.5. The molecular formula is C9H15ClN4O. The molecule has 0 atom stereocenters. The standard InChI is InChI=1S/C9H15ClN4O/c1-4-5-6-14(2)8-11-7(10)12-9(13-8)15-3/h4-6H2,1-3H3. The number of halogens is 1. The molecule has 1 rings (SSSR count). The molecule has 5 nitrogen and oxygen atoms in total. The van der Waals surface area contributed by atoms with Crippen molar-refractivity contribution in [3.8, 4) is 6.01 Å². The van der Waals surface area contributed by atoms with E-state index in [9.17, 15) is 0 Å². The Morgan fingerprint density at radius 1 is 1.33 bits per heavy atom. The van der Waals surface area contributed by atoms with Gasteiger partial charge in [-0.3, -0.25) is 0 Å². The van der Waals surface area contributed by atoms with Crippen molar-refractivity contribution in [2.24, 2.45) is 0 Å². The van der Waals surface area contributed by atoms with Gasteiger partial charge in [-0.2, -0.15) is 15.0 Å². The molecule has 0 aliphatic carbocycles. The molecule has 0 spiro atoms. The molecule has 1 aromatic heterocycles. The summed E-state index contributed by atoms with van der Waals surface area (Å²) in [5.74, 6) is 0.542. The topological polar surface area (TPSA) is 51.1 Å². The van der Waals surface area contributed by atoms with Crippen molar-refractivity contribution in [3.05, 3.63) is 5.28 Å². The lowest BCUT2D eigenvalue weighted by atomic mass is 10.3. The lowest BCUT2D eigenvalue weighted by molar-refractivity contribution is 0.378. The van der Waals surface area contributed by atoms with Crippen molar-refractivity contribution in [1.29, 1.82) is 0 Å². The molecule has 0 radical (unpaired) electrons. The summed E-state index contributed by atoms with van der Waals surface area (Å²) in [6.07, 6.45) is 2.21. The van der Waals surface area contributed by atoms with Crippen LogP contribution < -0.4 is 9.64 Å². The van der Waals surface area contributed by atoms with E-state index in [1.165, 1.54) is 7.11 Å². The Hall–Kier alpha value is -1.10. The highest BCUT2D eigenvalue weighted by Gasteiger charge is 2.08. The number of unbranched alkanes of at least 4 members (excludes halogenated alkanes) is 1. The molecule has 0 N–H and O–H groups in total. The van der Waals surface area contributed by atoms with E-state index in [0.717, 1.165) is 19.4 Å². The zero-order valence-corrected chi connectivity index (χ0v) is 9.95. The van der Waals surface area contributed by atoms with Gasteiger partial charge in [0.05, 0.1) is 7.11 Å². The van der Waals surface area contributed by atoms with Crippen LogP contribution in [0.25, 0.3) is 0 Å². The Kier molecular flexibility index (Phi) is 4.55. The maximum atomic E-state index is 5.74. The minimum atomic E-state index is 0.153. The quantitative estimate of drug-likeness (QED) is 0.772. The molecule has 0 amide bonds. The minimum absolute atomic E-state index is 0.153. The molecule has 0 saturated carbocycles. The number of aromatic nitrogens is 3. The van der Waals surface area contributed by atoms with Gasteiger partial charge in [-0.25, -0.2) is 0 Å². The van der Waals surface area contributed by atoms with Crippen LogP contribution in [-0.4, -0.2) is 35.7 Å². The number of nitrogens with zero attached hydrogens (tertiary/aromatic N) is 4. The first-order valence-electron chi connectivity index (χ1n) is 4.84. The second-order valence-corrected chi connectivity index (χ2v) is 3.50. The van der Waals surface area contributed by atoms with Crippen molar-refractivity contribution < 1.29 is 4.74 Å². The van der Waals surface area contributed by atoms with Crippen molar-refractivity contribution in [2.45, 2.75) is 19.8 Å². The number of anilines is 1. The minimum Gasteiger partial charge on any atom is -0.467 e. The Labute approximate surface area is 94.5 Å². The van der Waals surface area contributed by atoms with Gasteiger partial charge in [-0.05, 0) is 18.0 Å². The fourth-order valence-corrected chi connectivity index (χ4v) is 1.23. The zero-order valence-electron chi connectivity index (χ0n) is 9.20. The lowest BCUT2D eigenvalue weighted by Gasteiger charge is -2.16. The Morgan fingerprint density at radius 2 is 2.07 bits per heavy atom. The summed E-state index contributed by atoms with van der Waals surface area (Å²) in [5.41, 5.74) is 0. The van der Waals surface area contributed by atoms with E-state index in [2.05, 4.69) is 21.9 Å². The molecule has 15 heavy (non-hydrogen) atoms. The second kappa shape index (κ2) is 5.70. The van der Waals surface area contributed by atoms with Gasteiger partial charge in [0.25, 0.3) is 0 Å². The first kappa shape index (κ1) is 12.0. The molecule has 0 aliphatic heterocycles. The van der Waals surface area contributed by atoms with Crippen LogP contribution in [0.4, 0.5) is 5.95 Å². The monoisotopic (exact) mass is 230 g/mol. The fraction of sp³-hybridized carbons (Fsp3) is 0.667. The van der Waals surface area contributed by atoms with E-state index in [4.69, 9.17) is 16.3 Å². The number of methoxy groups -OCH3 is 1. The van der Waals surface area contributed by atoms with Crippen LogP contribution in [0.5, 0.6) is 6.01 Å². The van der Waals surface area contributed by atoms with Gasteiger partial charge in [0.15, 0.2) is 0 Å². The third kappa shape index (κ3) is 3.51. The van der Waals surface area contributed by atoms with E-state index < -0.39 is 0 Å². The van der Waals surface area contributed by atoms with Gasteiger partial charge in [0.1, 0.15) is 0 Å². The summed E-state index contributed by atoms with van der Waals surface area (Å²) in [6.45, 7) is 3.02. The number of rotatable bonds is 5. The van der Waals surface area contributed by atoms with Gasteiger partial charge in [0.2, 0.25) is 11.2 Å². The molecule has 84 valence electrons. The predicted octanol–water partition coefficient (Wildman–Crippen LogP) is 1.77. The summed E-state index contributed by atoms with van der Waals surface area (Å²) in [5, 5.41) is 0.153. The van der Waals surface area contributed by atoms with E-state index in [1.807, 2.05) is 11.9 Å². The van der Waals surface area contributed by atoms with Crippen LogP contribution in [0.2, 0.25) is 5.28 Å². The average Bonchev–Trinajstić information content (AvgIpc) is 2.24. The van der Waals surface area contributed by atoms with E-state index in [-0.39, 0.29) is 11.3 Å². The Bertz CT molecular complexity index is 321. The molecule has 1 heterocycles. The molecule has 0 unspecified atom stereocenters. The normalized spacial score (nSPS) is 10.1. The van der Waals surface area contributed by atoms with Gasteiger partial charge in [0, 0.05) is 13.6 Å². The van der Waals surface area contributed by atoms with Crippen molar-refractivity contribution in [3.63, 3.8) is 0 Å². The average molecular weight is 231 g/mol. The molecular weight excluding hydrogens is 216 g/mol. The van der Waals surface area contributed by atoms with Gasteiger partial charge in [-0.15, -0.1) is 0 Å². The lowest BCUT2D eigenvalue weighted by Crippen LogP contribution is -2.21. The first-order valence-corrected chi connectivity index (χ1v) is 5.22. The summed E-state index contributed by atoms with van der Waals surface area (Å²) in [7, 11) is 3.42. The molecule has 0 aromatic carbocycles. The van der Waals surface area contributed by atoms with Crippen LogP contribution in [0.15, 0.2) is 0 Å². The molecule has 6 heteroatoms. The van der Waals surface area contributed by atoms with Crippen LogP contribution in [0.3, 0.4) is 0 Å². The number of ether oxygens (including phenoxy) is 1. The number of hydrogen-bond acceptors (Lipinski definition) is 5. The fourth-order valence-electron chi connectivity index (χ4n) is 1.08.